The molecule has 0 fully saturated rings. The number of methoxy groups -OCH3 is 1. The molecule has 1 atom stereocenters. The van der Waals surface area contributed by atoms with Crippen LogP contribution in [0.1, 0.15) is 26.3 Å². The van der Waals surface area contributed by atoms with Crippen molar-refractivity contribution in [3.8, 4) is 17.2 Å². The largest absolute Gasteiger partial charge is 0.507 e. The van der Waals surface area contributed by atoms with Gasteiger partial charge in [0, 0.05) is 18.5 Å². The quantitative estimate of drug-likeness (QED) is 0.216. The molecule has 0 aliphatic heterocycles. The number of amides is 1. The summed E-state index contributed by atoms with van der Waals surface area (Å²) in [5.74, 6) is -0.648. The molecule has 0 aromatic heterocycles. The Morgan fingerprint density at radius 1 is 1.03 bits per heavy atom. The van der Waals surface area contributed by atoms with Crippen LogP contribution < -0.4 is 10.1 Å². The second kappa shape index (κ2) is 10.7. The first-order valence-corrected chi connectivity index (χ1v) is 13.6. The molecule has 178 valence electrons. The highest BCUT2D eigenvalue weighted by Crippen LogP contribution is 2.44. The molecule has 0 aliphatic rings. The van der Waals surface area contributed by atoms with Crippen molar-refractivity contribution in [1.82, 2.24) is 0 Å². The number of benzene rings is 3. The second-order valence-corrected chi connectivity index (χ2v) is 11.5. The molecule has 34 heavy (non-hydrogen) atoms. The SMILES string of the molecule is COC(=O)c1ccc(NC(=O)c2cc(Oc3c(Br)cc(CP(C)(=O)O)cc3Br)ccc2O)cc1. The van der Waals surface area contributed by atoms with Crippen molar-refractivity contribution in [1.29, 1.82) is 0 Å². The molecule has 0 spiro atoms. The first-order chi connectivity index (χ1) is 16.0. The predicted molar refractivity (Wildman–Crippen MR) is 135 cm³/mol. The molecule has 11 heteroatoms. The Morgan fingerprint density at radius 2 is 1.65 bits per heavy atom. The lowest BCUT2D eigenvalue weighted by atomic mass is 10.1. The summed E-state index contributed by atoms with van der Waals surface area (Å²) in [5, 5.41) is 12.9. The highest BCUT2D eigenvalue weighted by Gasteiger charge is 2.18. The lowest BCUT2D eigenvalue weighted by molar-refractivity contribution is 0.0600. The fraction of sp³-hybridized carbons (Fsp3) is 0.130. The Hall–Kier alpha value is -2.65. The fourth-order valence-electron chi connectivity index (χ4n) is 3.02. The lowest BCUT2D eigenvalue weighted by Crippen LogP contribution is -2.12. The molecular formula is C23H20Br2NO7P. The van der Waals surface area contributed by atoms with Gasteiger partial charge in [-0.3, -0.25) is 9.36 Å². The van der Waals surface area contributed by atoms with Crippen LogP contribution in [0.2, 0.25) is 0 Å². The lowest BCUT2D eigenvalue weighted by Gasteiger charge is -2.14. The maximum atomic E-state index is 12.7. The van der Waals surface area contributed by atoms with Crippen molar-refractivity contribution in [2.75, 3.05) is 19.1 Å². The average Bonchev–Trinajstić information content (AvgIpc) is 2.76. The summed E-state index contributed by atoms with van der Waals surface area (Å²) in [6.07, 6.45) is 0.00855. The van der Waals surface area contributed by atoms with Gasteiger partial charge < -0.3 is 24.8 Å². The van der Waals surface area contributed by atoms with Crippen molar-refractivity contribution >= 4 is 56.8 Å². The van der Waals surface area contributed by atoms with Gasteiger partial charge in [-0.25, -0.2) is 4.79 Å². The normalized spacial score (nSPS) is 12.5. The van der Waals surface area contributed by atoms with Gasteiger partial charge in [0.15, 0.2) is 5.75 Å². The van der Waals surface area contributed by atoms with E-state index in [0.29, 0.717) is 31.5 Å². The molecule has 1 amide bonds. The number of carbonyl (C=O) groups is 2. The number of hydrogen-bond donors (Lipinski definition) is 3. The van der Waals surface area contributed by atoms with Crippen LogP contribution in [0.5, 0.6) is 17.2 Å². The van der Waals surface area contributed by atoms with Gasteiger partial charge in [-0.2, -0.15) is 0 Å². The van der Waals surface area contributed by atoms with Crippen LogP contribution in [0.15, 0.2) is 63.5 Å². The molecule has 0 bridgehead atoms. The second-order valence-electron chi connectivity index (χ2n) is 7.40. The van der Waals surface area contributed by atoms with Gasteiger partial charge in [-0.15, -0.1) is 0 Å². The number of esters is 1. The summed E-state index contributed by atoms with van der Waals surface area (Å²) in [5.41, 5.74) is 1.37. The summed E-state index contributed by atoms with van der Waals surface area (Å²) in [6, 6.07) is 13.7. The first kappa shape index (κ1) is 26.0. The van der Waals surface area contributed by atoms with E-state index >= 15 is 0 Å². The predicted octanol–water partition coefficient (Wildman–Crippen LogP) is 6.15. The number of rotatable bonds is 7. The minimum Gasteiger partial charge on any atom is -0.507 e. The van der Waals surface area contributed by atoms with Crippen molar-refractivity contribution < 1.29 is 33.6 Å². The van der Waals surface area contributed by atoms with Gasteiger partial charge in [-0.05, 0) is 92.0 Å². The van der Waals surface area contributed by atoms with Crippen LogP contribution in [0.3, 0.4) is 0 Å². The van der Waals surface area contributed by atoms with Crippen molar-refractivity contribution in [2.24, 2.45) is 0 Å². The standard InChI is InChI=1S/C23H20Br2NO7P/c1-32-23(29)14-3-5-15(6-4-14)26-22(28)17-11-16(7-8-20(17)27)33-21-18(24)9-13(10-19(21)25)12-34(2,30)31/h3-11,27H,12H2,1-2H3,(H,26,28)(H,30,31). The number of phenols is 1. The maximum Gasteiger partial charge on any atom is 0.337 e. The molecule has 3 N–H and O–H groups in total. The van der Waals surface area contributed by atoms with E-state index in [1.165, 1.54) is 44.1 Å². The molecule has 1 unspecified atom stereocenters. The highest BCUT2D eigenvalue weighted by atomic mass is 79.9. The summed E-state index contributed by atoms with van der Waals surface area (Å²) < 4.78 is 23.3. The number of anilines is 1. The monoisotopic (exact) mass is 611 g/mol. The molecule has 8 nitrogen and oxygen atoms in total. The minimum atomic E-state index is -3.25. The number of phenolic OH excluding ortho intramolecular Hbond substituents is 1. The van der Waals surface area contributed by atoms with E-state index in [-0.39, 0.29) is 23.2 Å². The zero-order valence-corrected chi connectivity index (χ0v) is 22.1. The van der Waals surface area contributed by atoms with Crippen LogP contribution >= 0.6 is 39.2 Å². The molecule has 0 heterocycles. The van der Waals surface area contributed by atoms with E-state index < -0.39 is 19.2 Å². The number of halogens is 2. The molecular weight excluding hydrogens is 593 g/mol. The minimum absolute atomic E-state index is 0.00855. The average molecular weight is 613 g/mol. The third-order valence-corrected chi connectivity index (χ3v) is 6.66. The zero-order chi connectivity index (χ0) is 25.0. The smallest absolute Gasteiger partial charge is 0.337 e. The van der Waals surface area contributed by atoms with Crippen LogP contribution in [-0.2, 0) is 15.5 Å². The maximum absolute atomic E-state index is 12.7. The van der Waals surface area contributed by atoms with E-state index in [0.717, 1.165) is 0 Å². The van der Waals surface area contributed by atoms with Crippen molar-refractivity contribution in [2.45, 2.75) is 6.16 Å². The number of ether oxygens (including phenoxy) is 2. The highest BCUT2D eigenvalue weighted by molar-refractivity contribution is 9.11. The summed E-state index contributed by atoms with van der Waals surface area (Å²) in [4.78, 5) is 33.9. The Morgan fingerprint density at radius 3 is 2.21 bits per heavy atom. The van der Waals surface area contributed by atoms with Crippen LogP contribution in [-0.4, -0.2) is 35.7 Å². The van der Waals surface area contributed by atoms with Gasteiger partial charge in [0.2, 0.25) is 7.37 Å². The third kappa shape index (κ3) is 6.70. The Labute approximate surface area is 212 Å². The number of carbonyl (C=O) groups excluding carboxylic acids is 2. The molecule has 0 radical (unpaired) electrons. The van der Waals surface area contributed by atoms with E-state index in [2.05, 4.69) is 41.9 Å². The molecule has 0 saturated heterocycles. The van der Waals surface area contributed by atoms with Gasteiger partial charge in [0.1, 0.15) is 11.5 Å². The number of hydrogen-bond acceptors (Lipinski definition) is 6. The van der Waals surface area contributed by atoms with Crippen LogP contribution in [0, 0.1) is 0 Å². The summed E-state index contributed by atoms with van der Waals surface area (Å²) in [7, 11) is -1.97. The third-order valence-electron chi connectivity index (χ3n) is 4.53. The summed E-state index contributed by atoms with van der Waals surface area (Å²) in [6.45, 7) is 1.29. The van der Waals surface area contributed by atoms with Gasteiger partial charge in [0.25, 0.3) is 5.91 Å². The molecule has 3 rings (SSSR count). The zero-order valence-electron chi connectivity index (χ0n) is 18.0. The van der Waals surface area contributed by atoms with E-state index in [4.69, 9.17) is 4.74 Å². The molecule has 3 aromatic rings. The van der Waals surface area contributed by atoms with E-state index in [1.54, 1.807) is 24.3 Å². The first-order valence-electron chi connectivity index (χ1n) is 9.74. The number of aromatic hydroxyl groups is 1. The van der Waals surface area contributed by atoms with Gasteiger partial charge in [0.05, 0.1) is 27.2 Å². The van der Waals surface area contributed by atoms with Crippen molar-refractivity contribution in [3.05, 3.63) is 80.2 Å². The summed E-state index contributed by atoms with van der Waals surface area (Å²) >= 11 is 6.80. The fourth-order valence-corrected chi connectivity index (χ4v) is 5.33. The van der Waals surface area contributed by atoms with Gasteiger partial charge in [-0.1, -0.05) is 0 Å². The van der Waals surface area contributed by atoms with Crippen molar-refractivity contribution in [3.63, 3.8) is 0 Å². The molecule has 0 aliphatic carbocycles. The Bertz CT molecular complexity index is 1270. The Balaban J connectivity index is 1.80. The number of nitrogens with one attached hydrogen (secondary N) is 1. The van der Waals surface area contributed by atoms with Crippen LogP contribution in [0.4, 0.5) is 5.69 Å². The Kier molecular flexibility index (Phi) is 8.20. The van der Waals surface area contributed by atoms with Gasteiger partial charge >= 0.3 is 5.97 Å². The van der Waals surface area contributed by atoms with E-state index in [1.807, 2.05) is 0 Å². The van der Waals surface area contributed by atoms with E-state index in [9.17, 15) is 24.2 Å². The molecule has 0 saturated carbocycles. The topological polar surface area (TPSA) is 122 Å². The van der Waals surface area contributed by atoms with Crippen LogP contribution in [0.25, 0.3) is 0 Å². The molecule has 3 aromatic carbocycles.